The molecule has 2 nitrogen and oxygen atoms in total. The van der Waals surface area contributed by atoms with Crippen LogP contribution in [0.15, 0.2) is 15.9 Å². The lowest BCUT2D eigenvalue weighted by Crippen LogP contribution is -2.41. The number of Topliss-reactive ketones (excluding diaryl/α,β-unsaturated/α-hetero) is 1. The normalized spacial score (nSPS) is 19.6. The number of carbonyl (C=O) groups excluding carboxylic acids is 1. The summed E-state index contributed by atoms with van der Waals surface area (Å²) in [6.07, 6.45) is 2.87. The van der Waals surface area contributed by atoms with Gasteiger partial charge in [0.05, 0.1) is 4.88 Å². The Kier molecular flexibility index (Phi) is 3.82. The molecule has 0 amide bonds. The van der Waals surface area contributed by atoms with Gasteiger partial charge in [0.1, 0.15) is 0 Å². The van der Waals surface area contributed by atoms with E-state index in [0.29, 0.717) is 5.78 Å². The SMILES string of the molecule is CCC1(C(=O)c2sccc2Br)CCNCC1. The molecule has 0 atom stereocenters. The molecular formula is C12H16BrNOS. The van der Waals surface area contributed by atoms with E-state index in [1.807, 2.05) is 11.4 Å². The van der Waals surface area contributed by atoms with Crippen molar-refractivity contribution in [2.45, 2.75) is 26.2 Å². The predicted molar refractivity (Wildman–Crippen MR) is 71.2 cm³/mol. The molecule has 1 aliphatic heterocycles. The summed E-state index contributed by atoms with van der Waals surface area (Å²) in [4.78, 5) is 13.5. The van der Waals surface area contributed by atoms with E-state index >= 15 is 0 Å². The summed E-state index contributed by atoms with van der Waals surface area (Å²) in [7, 11) is 0. The molecule has 1 aromatic heterocycles. The Bertz CT molecular complexity index is 382. The van der Waals surface area contributed by atoms with Crippen molar-refractivity contribution >= 4 is 33.0 Å². The first-order chi connectivity index (χ1) is 7.69. The zero-order valence-corrected chi connectivity index (χ0v) is 11.8. The minimum atomic E-state index is -0.126. The summed E-state index contributed by atoms with van der Waals surface area (Å²) in [6.45, 7) is 4.05. The van der Waals surface area contributed by atoms with Crippen molar-refractivity contribution in [3.8, 4) is 0 Å². The molecule has 0 spiro atoms. The van der Waals surface area contributed by atoms with Crippen LogP contribution in [0.1, 0.15) is 35.9 Å². The molecule has 1 fully saturated rings. The van der Waals surface area contributed by atoms with E-state index < -0.39 is 0 Å². The van der Waals surface area contributed by atoms with Gasteiger partial charge in [0, 0.05) is 9.89 Å². The van der Waals surface area contributed by atoms with E-state index in [1.54, 1.807) is 11.3 Å². The van der Waals surface area contributed by atoms with Crippen LogP contribution in [0.5, 0.6) is 0 Å². The maximum Gasteiger partial charge on any atom is 0.180 e. The summed E-state index contributed by atoms with van der Waals surface area (Å²) in [5.74, 6) is 0.332. The summed E-state index contributed by atoms with van der Waals surface area (Å²) in [6, 6.07) is 1.96. The average Bonchev–Trinajstić information content (AvgIpc) is 2.75. The number of nitrogens with one attached hydrogen (secondary N) is 1. The van der Waals surface area contributed by atoms with Crippen LogP contribution in [-0.4, -0.2) is 18.9 Å². The third kappa shape index (κ3) is 2.11. The lowest BCUT2D eigenvalue weighted by atomic mass is 9.73. The second kappa shape index (κ2) is 4.98. The topological polar surface area (TPSA) is 29.1 Å². The van der Waals surface area contributed by atoms with Crippen LogP contribution in [0.2, 0.25) is 0 Å². The zero-order chi connectivity index (χ0) is 11.6. The van der Waals surface area contributed by atoms with Crippen LogP contribution in [0.3, 0.4) is 0 Å². The quantitative estimate of drug-likeness (QED) is 0.866. The van der Waals surface area contributed by atoms with Gasteiger partial charge in [0.25, 0.3) is 0 Å². The number of carbonyl (C=O) groups is 1. The van der Waals surface area contributed by atoms with E-state index in [9.17, 15) is 4.79 Å². The molecule has 0 bridgehead atoms. The second-order valence-electron chi connectivity index (χ2n) is 4.31. The highest BCUT2D eigenvalue weighted by Crippen LogP contribution is 2.39. The third-order valence-electron chi connectivity index (χ3n) is 3.54. The van der Waals surface area contributed by atoms with Gasteiger partial charge in [-0.15, -0.1) is 11.3 Å². The van der Waals surface area contributed by atoms with Gasteiger partial charge in [-0.05, 0) is 59.7 Å². The van der Waals surface area contributed by atoms with Crippen molar-refractivity contribution in [1.29, 1.82) is 0 Å². The second-order valence-corrected chi connectivity index (χ2v) is 6.08. The Labute approximate surface area is 109 Å². The van der Waals surface area contributed by atoms with Gasteiger partial charge in [-0.1, -0.05) is 6.92 Å². The molecule has 1 aromatic rings. The molecule has 0 aromatic carbocycles. The van der Waals surface area contributed by atoms with Crippen LogP contribution in [-0.2, 0) is 0 Å². The average molecular weight is 302 g/mol. The Balaban J connectivity index is 2.28. The summed E-state index contributed by atoms with van der Waals surface area (Å²) in [5.41, 5.74) is -0.126. The molecule has 88 valence electrons. The highest BCUT2D eigenvalue weighted by atomic mass is 79.9. The van der Waals surface area contributed by atoms with Gasteiger partial charge in [-0.2, -0.15) is 0 Å². The fourth-order valence-electron chi connectivity index (χ4n) is 2.34. The number of thiophene rings is 1. The molecule has 0 radical (unpaired) electrons. The monoisotopic (exact) mass is 301 g/mol. The Hall–Kier alpha value is -0.190. The van der Waals surface area contributed by atoms with Gasteiger partial charge in [0.2, 0.25) is 0 Å². The minimum absolute atomic E-state index is 0.126. The summed E-state index contributed by atoms with van der Waals surface area (Å²) >= 11 is 5.01. The van der Waals surface area contributed by atoms with Gasteiger partial charge in [-0.25, -0.2) is 0 Å². The van der Waals surface area contributed by atoms with Crippen LogP contribution in [0.25, 0.3) is 0 Å². The van der Waals surface area contributed by atoms with E-state index in [0.717, 1.165) is 41.7 Å². The molecular weight excluding hydrogens is 286 g/mol. The molecule has 2 heterocycles. The first-order valence-electron chi connectivity index (χ1n) is 5.68. The van der Waals surface area contributed by atoms with Gasteiger partial charge in [-0.3, -0.25) is 4.79 Å². The number of piperidine rings is 1. The van der Waals surface area contributed by atoms with Crippen molar-refractivity contribution in [3.05, 3.63) is 20.8 Å². The van der Waals surface area contributed by atoms with E-state index in [1.165, 1.54) is 0 Å². The van der Waals surface area contributed by atoms with Crippen LogP contribution >= 0.6 is 27.3 Å². The lowest BCUT2D eigenvalue weighted by Gasteiger charge is -2.35. The fourth-order valence-corrected chi connectivity index (χ4v) is 3.96. The van der Waals surface area contributed by atoms with E-state index in [4.69, 9.17) is 0 Å². The number of hydrogen-bond donors (Lipinski definition) is 1. The molecule has 2 rings (SSSR count). The van der Waals surface area contributed by atoms with E-state index in [2.05, 4.69) is 28.2 Å². The van der Waals surface area contributed by atoms with Crippen LogP contribution in [0, 0.1) is 5.41 Å². The molecule has 1 aliphatic rings. The molecule has 1 saturated heterocycles. The maximum absolute atomic E-state index is 12.6. The molecule has 1 N–H and O–H groups in total. The third-order valence-corrected chi connectivity index (χ3v) is 5.38. The highest BCUT2D eigenvalue weighted by molar-refractivity contribution is 9.10. The molecule has 0 saturated carbocycles. The van der Waals surface area contributed by atoms with E-state index in [-0.39, 0.29) is 5.41 Å². The maximum atomic E-state index is 12.6. The first kappa shape index (κ1) is 12.3. The Morgan fingerprint density at radius 1 is 1.56 bits per heavy atom. The fraction of sp³-hybridized carbons (Fsp3) is 0.583. The van der Waals surface area contributed by atoms with Crippen LogP contribution in [0.4, 0.5) is 0 Å². The van der Waals surface area contributed by atoms with Crippen molar-refractivity contribution in [1.82, 2.24) is 5.32 Å². The number of rotatable bonds is 3. The molecule has 4 heteroatoms. The summed E-state index contributed by atoms with van der Waals surface area (Å²) < 4.78 is 0.953. The Morgan fingerprint density at radius 3 is 2.75 bits per heavy atom. The van der Waals surface area contributed by atoms with Crippen molar-refractivity contribution in [2.75, 3.05) is 13.1 Å². The highest BCUT2D eigenvalue weighted by Gasteiger charge is 2.39. The Morgan fingerprint density at radius 2 is 2.25 bits per heavy atom. The van der Waals surface area contributed by atoms with Gasteiger partial charge < -0.3 is 5.32 Å². The summed E-state index contributed by atoms with van der Waals surface area (Å²) in [5, 5.41) is 5.30. The molecule has 0 aliphatic carbocycles. The van der Waals surface area contributed by atoms with Crippen LogP contribution < -0.4 is 5.32 Å². The molecule has 16 heavy (non-hydrogen) atoms. The van der Waals surface area contributed by atoms with Crippen molar-refractivity contribution < 1.29 is 4.79 Å². The van der Waals surface area contributed by atoms with Crippen molar-refractivity contribution in [2.24, 2.45) is 5.41 Å². The molecule has 0 unspecified atom stereocenters. The lowest BCUT2D eigenvalue weighted by molar-refractivity contribution is 0.0721. The largest absolute Gasteiger partial charge is 0.317 e. The number of halogens is 1. The number of hydrogen-bond acceptors (Lipinski definition) is 3. The smallest absolute Gasteiger partial charge is 0.180 e. The minimum Gasteiger partial charge on any atom is -0.317 e. The first-order valence-corrected chi connectivity index (χ1v) is 7.35. The predicted octanol–water partition coefficient (Wildman–Crippen LogP) is 3.47. The number of ketones is 1. The van der Waals surface area contributed by atoms with Gasteiger partial charge in [0.15, 0.2) is 5.78 Å². The van der Waals surface area contributed by atoms with Crippen molar-refractivity contribution in [3.63, 3.8) is 0 Å². The standard InChI is InChI=1S/C12H16BrNOS/c1-2-12(4-6-14-7-5-12)11(15)10-9(13)3-8-16-10/h3,8,14H,2,4-7H2,1H3. The van der Waals surface area contributed by atoms with Gasteiger partial charge >= 0.3 is 0 Å². The zero-order valence-electron chi connectivity index (χ0n) is 9.38.